The van der Waals surface area contributed by atoms with E-state index in [-0.39, 0.29) is 17.9 Å². The average molecular weight is 438 g/mol. The Bertz CT molecular complexity index is 1110. The van der Waals surface area contributed by atoms with E-state index in [4.69, 9.17) is 4.74 Å². The molecule has 1 unspecified atom stereocenters. The molecule has 8 nitrogen and oxygen atoms in total. The minimum absolute atomic E-state index is 0.199. The second-order valence-corrected chi connectivity index (χ2v) is 7.68. The molecule has 3 amide bonds. The van der Waals surface area contributed by atoms with E-state index in [9.17, 15) is 18.8 Å². The number of urea groups is 1. The Morgan fingerprint density at radius 3 is 2.47 bits per heavy atom. The van der Waals surface area contributed by atoms with Crippen molar-refractivity contribution in [2.75, 3.05) is 18.6 Å². The molecule has 0 saturated heterocycles. The minimum atomic E-state index is -1.32. The van der Waals surface area contributed by atoms with Gasteiger partial charge in [0, 0.05) is 18.2 Å². The number of likely N-dealkylation sites (N-methyl/N-ethyl adjacent to an activating group) is 1. The van der Waals surface area contributed by atoms with Gasteiger partial charge in [0.1, 0.15) is 11.4 Å². The van der Waals surface area contributed by atoms with Crippen molar-refractivity contribution in [1.82, 2.24) is 10.6 Å². The molecular formula is C23H23FN4O4. The van der Waals surface area contributed by atoms with E-state index >= 15 is 0 Å². The molecule has 1 fully saturated rings. The van der Waals surface area contributed by atoms with Crippen LogP contribution in [0.4, 0.5) is 14.9 Å². The number of aliphatic imine (C=N–C) groups is 1. The van der Waals surface area contributed by atoms with Gasteiger partial charge in [0.05, 0.1) is 18.0 Å². The van der Waals surface area contributed by atoms with E-state index in [1.54, 1.807) is 56.4 Å². The lowest BCUT2D eigenvalue weighted by atomic mass is 10.00. The number of esters is 1. The fraction of sp³-hybridized carbons (Fsp3) is 0.304. The van der Waals surface area contributed by atoms with Crippen molar-refractivity contribution in [2.45, 2.75) is 31.5 Å². The number of carbonyl (C=O) groups is 3. The smallest absolute Gasteiger partial charge is 0.331 e. The van der Waals surface area contributed by atoms with Gasteiger partial charge in [-0.25, -0.2) is 19.0 Å². The molecule has 166 valence electrons. The molecular weight excluding hydrogens is 415 g/mol. The molecule has 1 aliphatic heterocycles. The Morgan fingerprint density at radius 1 is 1.16 bits per heavy atom. The van der Waals surface area contributed by atoms with Crippen LogP contribution in [0, 0.1) is 5.82 Å². The summed E-state index contributed by atoms with van der Waals surface area (Å²) in [5.74, 6) is -1.51. The summed E-state index contributed by atoms with van der Waals surface area (Å²) in [6, 6.07) is 12.4. The molecule has 1 saturated carbocycles. The van der Waals surface area contributed by atoms with Crippen LogP contribution in [-0.2, 0) is 14.3 Å². The van der Waals surface area contributed by atoms with Gasteiger partial charge in [-0.05, 0) is 38.0 Å². The van der Waals surface area contributed by atoms with Gasteiger partial charge in [0.25, 0.3) is 5.91 Å². The Hall–Kier alpha value is -3.75. The van der Waals surface area contributed by atoms with Crippen LogP contribution >= 0.6 is 0 Å². The van der Waals surface area contributed by atoms with Gasteiger partial charge in [-0.1, -0.05) is 30.3 Å². The topological polar surface area (TPSA) is 100 Å². The predicted octanol–water partition coefficient (Wildman–Crippen LogP) is 2.36. The molecule has 4 rings (SSSR count). The van der Waals surface area contributed by atoms with Crippen LogP contribution in [0.2, 0.25) is 0 Å². The number of carbonyl (C=O) groups excluding carboxylic acids is 3. The molecule has 2 aliphatic rings. The lowest BCUT2D eigenvalue weighted by Gasteiger charge is -2.22. The average Bonchev–Trinajstić information content (AvgIpc) is 3.57. The van der Waals surface area contributed by atoms with Crippen molar-refractivity contribution in [3.8, 4) is 0 Å². The number of anilines is 1. The fourth-order valence-corrected chi connectivity index (χ4v) is 3.64. The first-order valence-electron chi connectivity index (χ1n) is 10.3. The third kappa shape index (κ3) is 3.93. The van der Waals surface area contributed by atoms with E-state index in [0.29, 0.717) is 24.1 Å². The number of ether oxygens (including phenoxy) is 1. The van der Waals surface area contributed by atoms with Crippen LogP contribution in [0.5, 0.6) is 0 Å². The number of nitrogens with zero attached hydrogens (tertiary/aromatic N) is 2. The Balaban J connectivity index is 1.67. The van der Waals surface area contributed by atoms with Gasteiger partial charge in [0.2, 0.25) is 6.17 Å². The number of hydrogen-bond acceptors (Lipinski definition) is 5. The van der Waals surface area contributed by atoms with Crippen LogP contribution in [-0.4, -0.2) is 49.0 Å². The largest absolute Gasteiger partial charge is 0.464 e. The van der Waals surface area contributed by atoms with Crippen LogP contribution in [0.15, 0.2) is 53.5 Å². The maximum atomic E-state index is 14.6. The number of halogens is 1. The van der Waals surface area contributed by atoms with Gasteiger partial charge < -0.3 is 20.3 Å². The maximum Gasteiger partial charge on any atom is 0.331 e. The van der Waals surface area contributed by atoms with E-state index in [2.05, 4.69) is 15.6 Å². The van der Waals surface area contributed by atoms with E-state index in [0.717, 1.165) is 0 Å². The van der Waals surface area contributed by atoms with Crippen molar-refractivity contribution in [3.05, 3.63) is 65.5 Å². The van der Waals surface area contributed by atoms with E-state index < -0.39 is 35.4 Å². The first kappa shape index (κ1) is 21.5. The number of fused-ring (bicyclic) bond motifs is 1. The number of benzodiazepines with no additional fused rings is 1. The second kappa shape index (κ2) is 8.41. The van der Waals surface area contributed by atoms with Crippen molar-refractivity contribution in [1.29, 1.82) is 0 Å². The normalized spacial score (nSPS) is 18.7. The SMILES string of the molecule is CCOC(=O)C1(NC(=O)NC2N=C(c3ccccc3F)c3ccccc3N(C)C2=O)CC1. The molecule has 0 aromatic heterocycles. The van der Waals surface area contributed by atoms with Gasteiger partial charge >= 0.3 is 12.0 Å². The summed E-state index contributed by atoms with van der Waals surface area (Å²) in [5, 5.41) is 5.13. The summed E-state index contributed by atoms with van der Waals surface area (Å²) in [4.78, 5) is 43.8. The number of amides is 3. The third-order valence-electron chi connectivity index (χ3n) is 5.51. The fourth-order valence-electron chi connectivity index (χ4n) is 3.64. The molecule has 2 aromatic rings. The van der Waals surface area contributed by atoms with E-state index in [1.165, 1.54) is 11.0 Å². The second-order valence-electron chi connectivity index (χ2n) is 7.68. The highest BCUT2D eigenvalue weighted by Crippen LogP contribution is 2.36. The van der Waals surface area contributed by atoms with Crippen molar-refractivity contribution < 1.29 is 23.5 Å². The highest BCUT2D eigenvalue weighted by molar-refractivity contribution is 6.20. The molecule has 2 N–H and O–H groups in total. The van der Waals surface area contributed by atoms with Crippen LogP contribution in [0.1, 0.15) is 30.9 Å². The number of rotatable bonds is 5. The van der Waals surface area contributed by atoms with Crippen LogP contribution < -0.4 is 15.5 Å². The number of hydrogen-bond donors (Lipinski definition) is 2. The third-order valence-corrected chi connectivity index (χ3v) is 5.51. The first-order chi connectivity index (χ1) is 15.4. The minimum Gasteiger partial charge on any atom is -0.464 e. The number of nitrogens with one attached hydrogen (secondary N) is 2. The summed E-state index contributed by atoms with van der Waals surface area (Å²) < 4.78 is 19.7. The zero-order valence-electron chi connectivity index (χ0n) is 17.7. The van der Waals surface area contributed by atoms with Crippen LogP contribution in [0.25, 0.3) is 0 Å². The zero-order valence-corrected chi connectivity index (χ0v) is 17.7. The lowest BCUT2D eigenvalue weighted by Crippen LogP contribution is -2.54. The molecule has 0 spiro atoms. The summed E-state index contributed by atoms with van der Waals surface area (Å²) >= 11 is 0. The number of benzene rings is 2. The quantitative estimate of drug-likeness (QED) is 0.700. The molecule has 1 aliphatic carbocycles. The molecule has 0 bridgehead atoms. The molecule has 32 heavy (non-hydrogen) atoms. The van der Waals surface area contributed by atoms with Gasteiger partial charge in [-0.15, -0.1) is 0 Å². The molecule has 9 heteroatoms. The maximum absolute atomic E-state index is 14.6. The van der Waals surface area contributed by atoms with Gasteiger partial charge in [0.15, 0.2) is 0 Å². The number of para-hydroxylation sites is 1. The summed E-state index contributed by atoms with van der Waals surface area (Å²) in [7, 11) is 1.56. The molecule has 2 aromatic carbocycles. The molecule has 0 radical (unpaired) electrons. The summed E-state index contributed by atoms with van der Waals surface area (Å²) in [6.07, 6.45) is -0.417. The highest BCUT2D eigenvalue weighted by Gasteiger charge is 2.53. The monoisotopic (exact) mass is 438 g/mol. The van der Waals surface area contributed by atoms with Crippen molar-refractivity contribution >= 4 is 29.3 Å². The summed E-state index contributed by atoms with van der Waals surface area (Å²) in [6.45, 7) is 1.88. The first-order valence-corrected chi connectivity index (χ1v) is 10.3. The zero-order chi connectivity index (χ0) is 22.9. The standard InChI is InChI=1S/C23H23FN4O4/c1-3-32-21(30)23(12-13-23)27-22(31)26-19-20(29)28(2)17-11-7-5-9-15(17)18(25-19)14-8-4-6-10-16(14)24/h4-11,19H,3,12-13H2,1-2H3,(H2,26,27,31). The van der Waals surface area contributed by atoms with Gasteiger partial charge in [-0.3, -0.25) is 4.79 Å². The van der Waals surface area contributed by atoms with Crippen molar-refractivity contribution in [3.63, 3.8) is 0 Å². The Kier molecular flexibility index (Phi) is 5.65. The van der Waals surface area contributed by atoms with Gasteiger partial charge in [-0.2, -0.15) is 0 Å². The van der Waals surface area contributed by atoms with Crippen molar-refractivity contribution in [2.24, 2.45) is 4.99 Å². The van der Waals surface area contributed by atoms with Crippen LogP contribution in [0.3, 0.4) is 0 Å². The van der Waals surface area contributed by atoms with E-state index in [1.807, 2.05) is 0 Å². The summed E-state index contributed by atoms with van der Waals surface area (Å²) in [5.41, 5.74) is 0.465. The molecule has 1 atom stereocenters. The predicted molar refractivity (Wildman–Crippen MR) is 116 cm³/mol. The molecule has 1 heterocycles. The highest BCUT2D eigenvalue weighted by atomic mass is 19.1. The Morgan fingerprint density at radius 2 is 1.81 bits per heavy atom. The lowest BCUT2D eigenvalue weighted by molar-refractivity contribution is -0.146. The Labute approximate surface area is 184 Å².